The highest BCUT2D eigenvalue weighted by molar-refractivity contribution is 5.77. The molecule has 0 aromatic heterocycles. The number of carbonyl (C=O) groups is 1. The SMILES string of the molecule is CC(C)C(C)NC(=O)COC1CCCCCC1N. The maximum absolute atomic E-state index is 11.7. The molecule has 0 aromatic carbocycles. The van der Waals surface area contributed by atoms with Gasteiger partial charge in [-0.3, -0.25) is 4.79 Å². The normalized spacial score (nSPS) is 26.7. The molecule has 0 aliphatic heterocycles. The molecule has 1 fully saturated rings. The Balaban J connectivity index is 2.28. The summed E-state index contributed by atoms with van der Waals surface area (Å²) >= 11 is 0. The van der Waals surface area contributed by atoms with Gasteiger partial charge < -0.3 is 15.8 Å². The summed E-state index contributed by atoms with van der Waals surface area (Å²) in [7, 11) is 0. The zero-order valence-electron chi connectivity index (χ0n) is 11.9. The first-order valence-corrected chi connectivity index (χ1v) is 7.17. The summed E-state index contributed by atoms with van der Waals surface area (Å²) in [6.07, 6.45) is 5.60. The van der Waals surface area contributed by atoms with E-state index in [0.29, 0.717) is 5.92 Å². The van der Waals surface area contributed by atoms with E-state index in [2.05, 4.69) is 19.2 Å². The van der Waals surface area contributed by atoms with Crippen LogP contribution in [0, 0.1) is 5.92 Å². The van der Waals surface area contributed by atoms with Crippen LogP contribution in [0.3, 0.4) is 0 Å². The van der Waals surface area contributed by atoms with Gasteiger partial charge in [0.15, 0.2) is 0 Å². The van der Waals surface area contributed by atoms with Crippen LogP contribution in [0.4, 0.5) is 0 Å². The van der Waals surface area contributed by atoms with Gasteiger partial charge in [0.25, 0.3) is 0 Å². The molecule has 4 heteroatoms. The van der Waals surface area contributed by atoms with Crippen molar-refractivity contribution in [1.82, 2.24) is 5.32 Å². The third kappa shape index (κ3) is 5.36. The first-order valence-electron chi connectivity index (χ1n) is 7.17. The Bertz CT molecular complexity index is 256. The van der Waals surface area contributed by atoms with Crippen molar-refractivity contribution in [2.75, 3.05) is 6.61 Å². The summed E-state index contributed by atoms with van der Waals surface area (Å²) in [5.41, 5.74) is 6.06. The van der Waals surface area contributed by atoms with Crippen molar-refractivity contribution >= 4 is 5.91 Å². The lowest BCUT2D eigenvalue weighted by Crippen LogP contribution is -2.42. The third-order valence-corrected chi connectivity index (χ3v) is 3.82. The highest BCUT2D eigenvalue weighted by Crippen LogP contribution is 2.19. The quantitative estimate of drug-likeness (QED) is 0.738. The maximum Gasteiger partial charge on any atom is 0.246 e. The van der Waals surface area contributed by atoms with Crippen molar-refractivity contribution in [3.63, 3.8) is 0 Å². The fourth-order valence-corrected chi connectivity index (χ4v) is 2.15. The number of rotatable bonds is 5. The van der Waals surface area contributed by atoms with Gasteiger partial charge >= 0.3 is 0 Å². The molecule has 1 aliphatic rings. The first-order chi connectivity index (χ1) is 8.50. The van der Waals surface area contributed by atoms with E-state index in [1.807, 2.05) is 6.92 Å². The monoisotopic (exact) mass is 256 g/mol. The average molecular weight is 256 g/mol. The lowest BCUT2D eigenvalue weighted by atomic mass is 10.1. The molecule has 0 aromatic rings. The van der Waals surface area contributed by atoms with Crippen molar-refractivity contribution in [2.45, 2.75) is 71.1 Å². The van der Waals surface area contributed by atoms with Gasteiger partial charge in [-0.05, 0) is 25.7 Å². The number of carbonyl (C=O) groups excluding carboxylic acids is 1. The minimum Gasteiger partial charge on any atom is -0.367 e. The molecule has 1 amide bonds. The number of hydrogen-bond acceptors (Lipinski definition) is 3. The van der Waals surface area contributed by atoms with Gasteiger partial charge in [0, 0.05) is 12.1 Å². The van der Waals surface area contributed by atoms with E-state index in [-0.39, 0.29) is 30.7 Å². The predicted molar refractivity (Wildman–Crippen MR) is 73.2 cm³/mol. The number of nitrogens with two attached hydrogens (primary N) is 1. The van der Waals surface area contributed by atoms with Crippen LogP contribution in [0.5, 0.6) is 0 Å². The molecule has 3 atom stereocenters. The Morgan fingerprint density at radius 2 is 1.94 bits per heavy atom. The smallest absolute Gasteiger partial charge is 0.246 e. The lowest BCUT2D eigenvalue weighted by molar-refractivity contribution is -0.129. The molecule has 0 spiro atoms. The number of ether oxygens (including phenoxy) is 1. The standard InChI is InChI=1S/C14H28N2O2/c1-10(2)11(3)16-14(17)9-18-13-8-6-4-5-7-12(13)15/h10-13H,4-9,15H2,1-3H3,(H,16,17). The van der Waals surface area contributed by atoms with Crippen LogP contribution in [0.2, 0.25) is 0 Å². The summed E-state index contributed by atoms with van der Waals surface area (Å²) in [6, 6.07) is 0.270. The fourth-order valence-electron chi connectivity index (χ4n) is 2.15. The van der Waals surface area contributed by atoms with E-state index in [9.17, 15) is 4.79 Å². The first kappa shape index (κ1) is 15.4. The molecular formula is C14H28N2O2. The van der Waals surface area contributed by atoms with Gasteiger partial charge in [-0.15, -0.1) is 0 Å². The third-order valence-electron chi connectivity index (χ3n) is 3.82. The molecule has 1 aliphatic carbocycles. The maximum atomic E-state index is 11.7. The Kier molecular flexibility index (Phi) is 6.65. The minimum absolute atomic E-state index is 0.0346. The summed E-state index contributed by atoms with van der Waals surface area (Å²) in [4.78, 5) is 11.7. The molecule has 18 heavy (non-hydrogen) atoms. The minimum atomic E-state index is -0.0346. The molecule has 0 heterocycles. The second-order valence-electron chi connectivity index (χ2n) is 5.75. The molecular weight excluding hydrogens is 228 g/mol. The predicted octanol–water partition coefficient (Wildman–Crippen LogP) is 1.82. The van der Waals surface area contributed by atoms with Crippen molar-refractivity contribution in [1.29, 1.82) is 0 Å². The molecule has 0 radical (unpaired) electrons. The molecule has 0 bridgehead atoms. The van der Waals surface area contributed by atoms with Crippen LogP contribution >= 0.6 is 0 Å². The van der Waals surface area contributed by atoms with Crippen LogP contribution < -0.4 is 11.1 Å². The van der Waals surface area contributed by atoms with Crippen LogP contribution in [0.15, 0.2) is 0 Å². The molecule has 3 unspecified atom stereocenters. The molecule has 1 saturated carbocycles. The Morgan fingerprint density at radius 3 is 2.61 bits per heavy atom. The zero-order chi connectivity index (χ0) is 13.5. The van der Waals surface area contributed by atoms with Crippen LogP contribution in [-0.4, -0.2) is 30.7 Å². The molecule has 3 N–H and O–H groups in total. The van der Waals surface area contributed by atoms with Crippen molar-refractivity contribution in [3.05, 3.63) is 0 Å². The average Bonchev–Trinajstić information content (AvgIpc) is 2.51. The largest absolute Gasteiger partial charge is 0.367 e. The van der Waals surface area contributed by atoms with Crippen LogP contribution in [0.1, 0.15) is 52.9 Å². The van der Waals surface area contributed by atoms with Gasteiger partial charge in [0.05, 0.1) is 6.10 Å². The van der Waals surface area contributed by atoms with E-state index in [1.165, 1.54) is 12.8 Å². The van der Waals surface area contributed by atoms with Crippen molar-refractivity contribution in [2.24, 2.45) is 11.7 Å². The Hall–Kier alpha value is -0.610. The van der Waals surface area contributed by atoms with E-state index < -0.39 is 0 Å². The van der Waals surface area contributed by atoms with E-state index >= 15 is 0 Å². The van der Waals surface area contributed by atoms with E-state index in [1.54, 1.807) is 0 Å². The molecule has 0 saturated heterocycles. The van der Waals surface area contributed by atoms with Gasteiger partial charge in [0.1, 0.15) is 6.61 Å². The van der Waals surface area contributed by atoms with Crippen molar-refractivity contribution < 1.29 is 9.53 Å². The van der Waals surface area contributed by atoms with Gasteiger partial charge in [0.2, 0.25) is 5.91 Å². The lowest BCUT2D eigenvalue weighted by Gasteiger charge is -2.23. The topological polar surface area (TPSA) is 64.3 Å². The fraction of sp³-hybridized carbons (Fsp3) is 0.929. The van der Waals surface area contributed by atoms with Gasteiger partial charge in [-0.25, -0.2) is 0 Å². The van der Waals surface area contributed by atoms with Crippen molar-refractivity contribution in [3.8, 4) is 0 Å². The summed E-state index contributed by atoms with van der Waals surface area (Å²) in [5, 5.41) is 2.94. The Morgan fingerprint density at radius 1 is 1.28 bits per heavy atom. The molecule has 106 valence electrons. The van der Waals surface area contributed by atoms with E-state index in [4.69, 9.17) is 10.5 Å². The van der Waals surface area contributed by atoms with Gasteiger partial charge in [-0.2, -0.15) is 0 Å². The number of nitrogens with one attached hydrogen (secondary N) is 1. The highest BCUT2D eigenvalue weighted by atomic mass is 16.5. The number of amides is 1. The van der Waals surface area contributed by atoms with Crippen LogP contribution in [-0.2, 0) is 9.53 Å². The second-order valence-corrected chi connectivity index (χ2v) is 5.75. The van der Waals surface area contributed by atoms with E-state index in [0.717, 1.165) is 19.3 Å². The van der Waals surface area contributed by atoms with Crippen LogP contribution in [0.25, 0.3) is 0 Å². The second kappa shape index (κ2) is 7.74. The number of hydrogen-bond donors (Lipinski definition) is 2. The highest BCUT2D eigenvalue weighted by Gasteiger charge is 2.22. The molecule has 4 nitrogen and oxygen atoms in total. The summed E-state index contributed by atoms with van der Waals surface area (Å²) < 4.78 is 5.68. The molecule has 1 rings (SSSR count). The zero-order valence-corrected chi connectivity index (χ0v) is 11.9. The van der Waals surface area contributed by atoms with Gasteiger partial charge in [-0.1, -0.05) is 33.1 Å². The Labute approximate surface area is 111 Å². The summed E-state index contributed by atoms with van der Waals surface area (Å²) in [5.74, 6) is 0.404. The summed E-state index contributed by atoms with van der Waals surface area (Å²) in [6.45, 7) is 6.33.